The van der Waals surface area contributed by atoms with Crippen molar-refractivity contribution in [3.05, 3.63) is 212 Å². The van der Waals surface area contributed by atoms with Gasteiger partial charge in [0, 0.05) is 50.1 Å². The first kappa shape index (κ1) is 49.6. The minimum atomic E-state index is -5.14. The van der Waals surface area contributed by atoms with Crippen LogP contribution in [-0.2, 0) is 0 Å². The summed E-state index contributed by atoms with van der Waals surface area (Å²) in [7, 11) is 0. The molecule has 0 unspecified atom stereocenters. The van der Waals surface area contributed by atoms with Gasteiger partial charge in [0.25, 0.3) is 0 Å². The number of ether oxygens (including phenoxy) is 2. The number of hydrogen-bond donors (Lipinski definition) is 0. The van der Waals surface area contributed by atoms with Gasteiger partial charge in [-0.2, -0.15) is 42.1 Å². The van der Waals surface area contributed by atoms with E-state index >= 15 is 0 Å². The topological polar surface area (TPSA) is 209 Å². The minimum Gasteiger partial charge on any atom is -0.406 e. The van der Waals surface area contributed by atoms with Crippen molar-refractivity contribution < 1.29 is 35.8 Å². The molecule has 358 valence electrons. The Morgan fingerprint density at radius 2 is 0.658 bits per heavy atom. The summed E-state index contributed by atoms with van der Waals surface area (Å²) in [5.41, 5.74) is -0.157. The molecule has 0 atom stereocenters. The molecule has 0 fully saturated rings. The van der Waals surface area contributed by atoms with E-state index in [-0.39, 0.29) is 122 Å². The molecule has 7 aromatic rings. The van der Waals surface area contributed by atoms with E-state index in [2.05, 4.69) is 33.8 Å². The maximum Gasteiger partial charge on any atom is 0.573 e. The normalized spacial score (nSPS) is 13.8. The maximum absolute atomic E-state index is 13.8. The monoisotopic (exact) mass is 1000 g/mol. The molecule has 9 rings (SSSR count). The summed E-state index contributed by atoms with van der Waals surface area (Å²) in [6.45, 7) is 0. The van der Waals surface area contributed by atoms with Crippen LogP contribution in [0.3, 0.4) is 0 Å². The molecule has 0 aliphatic heterocycles. The number of benzene rings is 7. The zero-order valence-electron chi connectivity index (χ0n) is 38.5. The third kappa shape index (κ3) is 8.98. The summed E-state index contributed by atoms with van der Waals surface area (Å²) in [5, 5.41) is 87.2. The molecule has 0 saturated heterocycles. The summed E-state index contributed by atoms with van der Waals surface area (Å²) in [5.74, 6) is -1.32. The molecule has 0 saturated carbocycles. The molecular formula is C60H24F6N8O2. The van der Waals surface area contributed by atoms with E-state index in [0.29, 0.717) is 11.1 Å². The average Bonchev–Trinajstić information content (AvgIpc) is 4.18. The fourth-order valence-corrected chi connectivity index (χ4v) is 9.57. The predicted molar refractivity (Wildman–Crippen MR) is 265 cm³/mol. The zero-order chi connectivity index (χ0) is 54.1. The molecule has 2 aliphatic rings. The smallest absolute Gasteiger partial charge is 0.406 e. The van der Waals surface area contributed by atoms with E-state index in [1.54, 1.807) is 60.7 Å². The van der Waals surface area contributed by atoms with Gasteiger partial charge in [0.05, 0.1) is 68.8 Å². The van der Waals surface area contributed by atoms with Gasteiger partial charge in [0.2, 0.25) is 0 Å². The highest BCUT2D eigenvalue weighted by atomic mass is 19.4. The van der Waals surface area contributed by atoms with Crippen molar-refractivity contribution in [2.75, 3.05) is 0 Å². The molecule has 0 bridgehead atoms. The van der Waals surface area contributed by atoms with Crippen LogP contribution in [0, 0.1) is 90.6 Å². The number of nitrogens with zero attached hydrogens (tertiary/aromatic N) is 8. The van der Waals surface area contributed by atoms with Crippen LogP contribution < -0.4 is 9.47 Å². The second-order valence-electron chi connectivity index (χ2n) is 16.6. The van der Waals surface area contributed by atoms with E-state index < -0.39 is 24.2 Å². The molecule has 0 amide bonds. The van der Waals surface area contributed by atoms with Crippen molar-refractivity contribution in [2.45, 2.75) is 12.7 Å². The van der Waals surface area contributed by atoms with Crippen LogP contribution in [0.4, 0.5) is 26.3 Å². The molecule has 0 heterocycles. The number of nitriles is 8. The maximum atomic E-state index is 13.8. The van der Waals surface area contributed by atoms with Crippen LogP contribution in [0.2, 0.25) is 0 Å². The number of fused-ring (bicyclic) bond motifs is 2. The first-order valence-electron chi connectivity index (χ1n) is 22.2. The fraction of sp³-hybridized carbons (Fsp3) is 0.0333. The Kier molecular flexibility index (Phi) is 12.8. The summed E-state index contributed by atoms with van der Waals surface area (Å²) in [6.07, 6.45) is -10.3. The number of alkyl halides is 6. The van der Waals surface area contributed by atoms with E-state index in [4.69, 9.17) is 0 Å². The second kappa shape index (κ2) is 19.7. The fourth-order valence-electron chi connectivity index (χ4n) is 9.57. The first-order chi connectivity index (χ1) is 36.6. The lowest BCUT2D eigenvalue weighted by Crippen LogP contribution is -2.17. The summed E-state index contributed by atoms with van der Waals surface area (Å²) >= 11 is 0. The van der Waals surface area contributed by atoms with Crippen LogP contribution >= 0.6 is 0 Å². The van der Waals surface area contributed by atoms with Crippen molar-refractivity contribution >= 4 is 44.6 Å². The third-order valence-electron chi connectivity index (χ3n) is 12.3. The van der Waals surface area contributed by atoms with Crippen molar-refractivity contribution in [1.29, 1.82) is 42.1 Å². The Hall–Kier alpha value is -11.4. The van der Waals surface area contributed by atoms with Gasteiger partial charge in [-0.25, -0.2) is 0 Å². The van der Waals surface area contributed by atoms with E-state index in [1.165, 1.54) is 60.7 Å². The van der Waals surface area contributed by atoms with Crippen molar-refractivity contribution in [3.63, 3.8) is 0 Å². The summed E-state index contributed by atoms with van der Waals surface area (Å²) in [4.78, 5) is 0. The zero-order valence-corrected chi connectivity index (χ0v) is 38.5. The van der Waals surface area contributed by atoms with Gasteiger partial charge in [-0.15, -0.1) is 26.3 Å². The molecule has 2 aliphatic carbocycles. The van der Waals surface area contributed by atoms with Crippen LogP contribution in [0.5, 0.6) is 11.5 Å². The van der Waals surface area contributed by atoms with Gasteiger partial charge in [-0.1, -0.05) is 84.9 Å². The Balaban J connectivity index is 1.63. The highest BCUT2D eigenvalue weighted by molar-refractivity contribution is 6.39. The summed E-state index contributed by atoms with van der Waals surface area (Å²) < 4.78 is 91.0. The van der Waals surface area contributed by atoms with Gasteiger partial charge < -0.3 is 9.47 Å². The largest absolute Gasteiger partial charge is 0.573 e. The molecule has 16 heteroatoms. The van der Waals surface area contributed by atoms with Gasteiger partial charge in [-0.05, 0) is 99.6 Å². The molecule has 0 radical (unpaired) electrons. The van der Waals surface area contributed by atoms with Crippen molar-refractivity contribution in [3.8, 4) is 82.3 Å². The van der Waals surface area contributed by atoms with Gasteiger partial charge in [0.1, 0.15) is 35.8 Å². The van der Waals surface area contributed by atoms with E-state index in [1.807, 2.05) is 24.3 Å². The number of hydrogen-bond acceptors (Lipinski definition) is 10. The lowest BCUT2D eigenvalue weighted by molar-refractivity contribution is -0.275. The quantitative estimate of drug-likeness (QED) is 0.104. The van der Waals surface area contributed by atoms with Crippen LogP contribution in [0.1, 0.15) is 66.8 Å². The lowest BCUT2D eigenvalue weighted by Gasteiger charge is -2.24. The molecule has 76 heavy (non-hydrogen) atoms. The Bertz CT molecular complexity index is 3860. The van der Waals surface area contributed by atoms with Crippen LogP contribution in [0.25, 0.3) is 66.8 Å². The highest BCUT2D eigenvalue weighted by Gasteiger charge is 2.44. The number of rotatable bonds is 8. The third-order valence-corrected chi connectivity index (χ3v) is 12.3. The van der Waals surface area contributed by atoms with Gasteiger partial charge in [0.15, 0.2) is 0 Å². The minimum absolute atomic E-state index is 0.00100. The SMILES string of the molecule is N#CC1=C(c2ccccc2)/C(=C(/C#N)c2cc(C#N)cc(C#N)c2)c2c1c(-c1ccc(OC(F)(F)F)cc1)c1c(c2-c2ccc(OC(F)(F)F)cc2)/C(=C(\C#N)c2cc(C#N)cc(C#N)c2)C(c2ccccc2)=C1C#N. The molecule has 0 spiro atoms. The van der Waals surface area contributed by atoms with Crippen molar-refractivity contribution in [1.82, 2.24) is 0 Å². The van der Waals surface area contributed by atoms with Gasteiger partial charge >= 0.3 is 12.7 Å². The Labute approximate surface area is 428 Å². The highest BCUT2D eigenvalue weighted by Crippen LogP contribution is 2.63. The number of allylic oxidation sites excluding steroid dienone is 8. The van der Waals surface area contributed by atoms with Crippen molar-refractivity contribution in [2.24, 2.45) is 0 Å². The Morgan fingerprint density at radius 3 is 0.934 bits per heavy atom. The molecule has 0 aromatic heterocycles. The molecular weight excluding hydrogens is 979 g/mol. The molecule has 7 aromatic carbocycles. The lowest BCUT2D eigenvalue weighted by atomic mass is 9.77. The number of halogens is 6. The molecule has 10 nitrogen and oxygen atoms in total. The van der Waals surface area contributed by atoms with Gasteiger partial charge in [-0.3, -0.25) is 0 Å². The second-order valence-corrected chi connectivity index (χ2v) is 16.6. The average molecular weight is 1000 g/mol. The Morgan fingerprint density at radius 1 is 0.342 bits per heavy atom. The van der Waals surface area contributed by atoms with E-state index in [9.17, 15) is 68.4 Å². The standard InChI is InChI=1S/C60H24F6N8O2/c61-59(62,63)75-43-15-11-39(12-16-43)51-55-47(31-73)49(37-7-3-1-4-8-37)53(45(29-71)41-21-33(25-67)19-34(22-41)26-68)57(55)52(40-13-17-44(18-14-40)76-60(64,65)66)58-54(46(30-72)42-23-35(27-69)20-36(24-42)28-70)50(48(32-74)56(51)58)38-9-5-2-6-10-38/h1-24H/b53-45+,54-46+. The molecule has 0 N–H and O–H groups in total. The predicted octanol–water partition coefficient (Wildman–Crippen LogP) is 14.1. The van der Waals surface area contributed by atoms with Crippen LogP contribution in [-0.4, -0.2) is 12.7 Å². The van der Waals surface area contributed by atoms with Crippen LogP contribution in [0.15, 0.2) is 146 Å². The van der Waals surface area contributed by atoms with E-state index in [0.717, 1.165) is 24.3 Å². The first-order valence-corrected chi connectivity index (χ1v) is 22.2. The summed E-state index contributed by atoms with van der Waals surface area (Å²) in [6, 6.07) is 50.4.